The molecule has 2 aromatic heterocycles. The maximum absolute atomic E-state index is 13.4. The molecule has 1 saturated heterocycles. The van der Waals surface area contributed by atoms with Crippen molar-refractivity contribution < 1.29 is 19.1 Å². The number of carbonyl (C=O) groups excluding carboxylic acids is 2. The third-order valence-electron chi connectivity index (χ3n) is 6.44. The molecule has 2 fully saturated rings. The van der Waals surface area contributed by atoms with Gasteiger partial charge in [-0.2, -0.15) is 0 Å². The van der Waals surface area contributed by atoms with E-state index in [9.17, 15) is 9.59 Å². The lowest BCUT2D eigenvalue weighted by atomic mass is 10.0. The first-order chi connectivity index (χ1) is 15.5. The van der Waals surface area contributed by atoms with Gasteiger partial charge in [-0.15, -0.1) is 0 Å². The van der Waals surface area contributed by atoms with Crippen LogP contribution in [0.25, 0.3) is 11.0 Å². The van der Waals surface area contributed by atoms with E-state index < -0.39 is 6.09 Å². The quantitative estimate of drug-likeness (QED) is 0.630. The van der Waals surface area contributed by atoms with Crippen LogP contribution in [-0.2, 0) is 20.8 Å². The van der Waals surface area contributed by atoms with Gasteiger partial charge in [0, 0.05) is 48.6 Å². The Balaban J connectivity index is 1.57. The second-order valence-electron chi connectivity index (χ2n) is 8.88. The van der Waals surface area contributed by atoms with E-state index in [1.807, 2.05) is 13.0 Å². The lowest BCUT2D eigenvalue weighted by molar-refractivity contribution is -0.149. The number of pyridine rings is 1. The number of nitrogens with zero attached hydrogens (tertiary/aromatic N) is 3. The van der Waals surface area contributed by atoms with E-state index in [-0.39, 0.29) is 18.1 Å². The zero-order valence-electron chi connectivity index (χ0n) is 19.3. The van der Waals surface area contributed by atoms with Crippen LogP contribution in [0, 0.1) is 6.92 Å². The second kappa shape index (κ2) is 9.90. The second-order valence-corrected chi connectivity index (χ2v) is 8.88. The van der Waals surface area contributed by atoms with Crippen molar-refractivity contribution in [2.24, 2.45) is 0 Å². The van der Waals surface area contributed by atoms with E-state index in [0.29, 0.717) is 25.7 Å². The third-order valence-corrected chi connectivity index (χ3v) is 6.44. The average molecular weight is 443 g/mol. The average Bonchev–Trinajstić information content (AvgIpc) is 3.58. The summed E-state index contributed by atoms with van der Waals surface area (Å²) in [6.45, 7) is 6.02. The summed E-state index contributed by atoms with van der Waals surface area (Å²) in [6, 6.07) is 4.38. The first-order valence-electron chi connectivity index (χ1n) is 11.7. The van der Waals surface area contributed by atoms with Gasteiger partial charge in [0.1, 0.15) is 11.8 Å². The highest BCUT2D eigenvalue weighted by atomic mass is 16.5. The number of nitrogens with one attached hydrogen (secondary N) is 1. The van der Waals surface area contributed by atoms with Crippen molar-refractivity contribution in [1.82, 2.24) is 19.8 Å². The number of fused-ring (bicyclic) bond motifs is 1. The van der Waals surface area contributed by atoms with Crippen molar-refractivity contribution in [3.63, 3.8) is 0 Å². The largest absolute Gasteiger partial charge is 0.453 e. The highest BCUT2D eigenvalue weighted by molar-refractivity contribution is 5.85. The smallest absolute Gasteiger partial charge is 0.406 e. The molecule has 1 N–H and O–H groups in total. The Labute approximate surface area is 189 Å². The molecular formula is C24H34N4O4. The topological polar surface area (TPSA) is 85.7 Å². The summed E-state index contributed by atoms with van der Waals surface area (Å²) in [6.07, 6.45) is 7.14. The maximum atomic E-state index is 13.4. The van der Waals surface area contributed by atoms with Crippen LogP contribution >= 0.6 is 0 Å². The summed E-state index contributed by atoms with van der Waals surface area (Å²) in [5, 5.41) is 3.80. The molecule has 174 valence electrons. The van der Waals surface area contributed by atoms with Crippen LogP contribution in [0.15, 0.2) is 18.3 Å². The molecule has 32 heavy (non-hydrogen) atoms. The Kier molecular flexibility index (Phi) is 6.98. The molecule has 0 bridgehead atoms. The van der Waals surface area contributed by atoms with Gasteiger partial charge < -0.3 is 24.3 Å². The minimum Gasteiger partial charge on any atom is -0.453 e. The molecule has 8 nitrogen and oxygen atoms in total. The molecule has 1 aliphatic carbocycles. The van der Waals surface area contributed by atoms with E-state index >= 15 is 0 Å². The van der Waals surface area contributed by atoms with Crippen LogP contribution in [0.1, 0.15) is 62.7 Å². The fraction of sp³-hybridized carbons (Fsp3) is 0.625. The number of aryl methyl sites for hydroxylation is 2. The standard InChI is InChI=1S/C24H34N4O4/c1-16-8-11-19-20(15-27(22(19)26-16)13-6-12-25-24(30)31-3)17(2)28(18-9-10-18)23(29)21-7-4-5-14-32-21/h8,11,15,17-18,21H,4-7,9-10,12-14H2,1-3H3,(H,25,30)/t17-,21+/m0/s1. The van der Waals surface area contributed by atoms with E-state index in [1.54, 1.807) is 0 Å². The Hall–Kier alpha value is -2.61. The molecule has 2 aromatic rings. The number of aromatic nitrogens is 2. The predicted molar refractivity (Wildman–Crippen MR) is 121 cm³/mol. The van der Waals surface area contributed by atoms with Crippen molar-refractivity contribution >= 4 is 23.0 Å². The lowest BCUT2D eigenvalue weighted by Crippen LogP contribution is -2.44. The highest BCUT2D eigenvalue weighted by Gasteiger charge is 2.40. The molecule has 3 heterocycles. The monoisotopic (exact) mass is 442 g/mol. The number of methoxy groups -OCH3 is 1. The number of amides is 2. The molecule has 8 heteroatoms. The predicted octanol–water partition coefficient (Wildman–Crippen LogP) is 3.71. The fourth-order valence-corrected chi connectivity index (χ4v) is 4.59. The molecule has 0 spiro atoms. The molecule has 1 saturated carbocycles. The molecule has 4 rings (SSSR count). The van der Waals surface area contributed by atoms with Crippen LogP contribution in [0.4, 0.5) is 4.79 Å². The minimum atomic E-state index is -0.422. The van der Waals surface area contributed by atoms with Crippen molar-refractivity contribution in [2.75, 3.05) is 20.3 Å². The first kappa shape index (κ1) is 22.6. The van der Waals surface area contributed by atoms with Gasteiger partial charge in [0.2, 0.25) is 0 Å². The molecule has 0 radical (unpaired) electrons. The van der Waals surface area contributed by atoms with Gasteiger partial charge >= 0.3 is 6.09 Å². The number of ether oxygens (including phenoxy) is 2. The van der Waals surface area contributed by atoms with Crippen molar-refractivity contribution in [1.29, 1.82) is 0 Å². The van der Waals surface area contributed by atoms with Crippen LogP contribution in [0.5, 0.6) is 0 Å². The zero-order valence-corrected chi connectivity index (χ0v) is 19.3. The van der Waals surface area contributed by atoms with Crippen LogP contribution in [0.2, 0.25) is 0 Å². The number of rotatable bonds is 8. The summed E-state index contributed by atoms with van der Waals surface area (Å²) < 4.78 is 12.6. The third kappa shape index (κ3) is 4.90. The lowest BCUT2D eigenvalue weighted by Gasteiger charge is -2.34. The van der Waals surface area contributed by atoms with Crippen LogP contribution in [-0.4, -0.2) is 58.9 Å². The summed E-state index contributed by atoms with van der Waals surface area (Å²) in [4.78, 5) is 31.6. The van der Waals surface area contributed by atoms with Gasteiger partial charge in [-0.05, 0) is 64.5 Å². The summed E-state index contributed by atoms with van der Waals surface area (Å²) in [7, 11) is 1.36. The molecule has 1 aliphatic heterocycles. The van der Waals surface area contributed by atoms with Gasteiger partial charge in [0.15, 0.2) is 0 Å². The first-order valence-corrected chi connectivity index (χ1v) is 11.7. The van der Waals surface area contributed by atoms with Gasteiger partial charge in [-0.25, -0.2) is 9.78 Å². The van der Waals surface area contributed by atoms with Crippen LogP contribution < -0.4 is 5.32 Å². The normalized spacial score (nSPS) is 19.5. The van der Waals surface area contributed by atoms with E-state index in [0.717, 1.165) is 60.8 Å². The minimum absolute atomic E-state index is 0.0537. The zero-order chi connectivity index (χ0) is 22.7. The molecule has 2 aliphatic rings. The number of hydrogen-bond donors (Lipinski definition) is 1. The molecule has 2 atom stereocenters. The Morgan fingerprint density at radius 2 is 2.12 bits per heavy atom. The van der Waals surface area contributed by atoms with Gasteiger partial charge in [-0.3, -0.25) is 4.79 Å². The van der Waals surface area contributed by atoms with Crippen molar-refractivity contribution in [3.05, 3.63) is 29.6 Å². The van der Waals surface area contributed by atoms with E-state index in [2.05, 4.69) is 38.7 Å². The molecular weight excluding hydrogens is 408 g/mol. The van der Waals surface area contributed by atoms with Crippen LogP contribution in [0.3, 0.4) is 0 Å². The maximum Gasteiger partial charge on any atom is 0.406 e. The Morgan fingerprint density at radius 1 is 1.31 bits per heavy atom. The molecule has 2 amide bonds. The molecule has 0 aromatic carbocycles. The van der Waals surface area contributed by atoms with Gasteiger partial charge in [0.25, 0.3) is 5.91 Å². The van der Waals surface area contributed by atoms with Crippen molar-refractivity contribution in [3.8, 4) is 0 Å². The van der Waals surface area contributed by atoms with Gasteiger partial charge in [0.05, 0.1) is 13.2 Å². The SMILES string of the molecule is COC(=O)NCCCn1cc([C@H](C)N(C(=O)[C@H]2CCCCO2)C2CC2)c2ccc(C)nc21. The summed E-state index contributed by atoms with van der Waals surface area (Å²) >= 11 is 0. The van der Waals surface area contributed by atoms with Crippen molar-refractivity contribution in [2.45, 2.75) is 77.1 Å². The summed E-state index contributed by atoms with van der Waals surface area (Å²) in [5.41, 5.74) is 2.99. The highest BCUT2D eigenvalue weighted by Crippen LogP contribution is 2.38. The fourth-order valence-electron chi connectivity index (χ4n) is 4.59. The van der Waals surface area contributed by atoms with Gasteiger partial charge in [-0.1, -0.05) is 0 Å². The van der Waals surface area contributed by atoms with E-state index in [1.165, 1.54) is 7.11 Å². The number of alkyl carbamates (subject to hydrolysis) is 1. The summed E-state index contributed by atoms with van der Waals surface area (Å²) in [5.74, 6) is 0.128. The molecule has 0 unspecified atom stereocenters. The van der Waals surface area contributed by atoms with E-state index in [4.69, 9.17) is 9.72 Å². The Morgan fingerprint density at radius 3 is 2.81 bits per heavy atom. The Bertz CT molecular complexity index is 962. The number of carbonyl (C=O) groups is 2. The number of hydrogen-bond acceptors (Lipinski definition) is 5.